The number of anilines is 1. The van der Waals surface area contributed by atoms with Gasteiger partial charge >= 0.3 is 0 Å². The number of aryl methyl sites for hydroxylation is 4. The minimum absolute atomic E-state index is 0.0544. The van der Waals surface area contributed by atoms with Crippen LogP contribution in [0, 0.1) is 19.7 Å². The van der Waals surface area contributed by atoms with Crippen molar-refractivity contribution in [1.29, 1.82) is 0 Å². The van der Waals surface area contributed by atoms with E-state index < -0.39 is 11.7 Å². The van der Waals surface area contributed by atoms with E-state index in [2.05, 4.69) is 33.2 Å². The van der Waals surface area contributed by atoms with Gasteiger partial charge < -0.3 is 5.32 Å². The summed E-state index contributed by atoms with van der Waals surface area (Å²) in [6, 6.07) is 4.00. The van der Waals surface area contributed by atoms with Crippen LogP contribution >= 0.6 is 15.9 Å². The topological polar surface area (TPSA) is 42.0 Å². The minimum Gasteiger partial charge on any atom is -0.321 e. The lowest BCUT2D eigenvalue weighted by Crippen LogP contribution is -2.20. The molecular weight excluding hydrogens is 407 g/mol. The number of amides is 1. The molecule has 0 aliphatic rings. The van der Waals surface area contributed by atoms with Gasteiger partial charge in [0.1, 0.15) is 5.82 Å². The van der Waals surface area contributed by atoms with Gasteiger partial charge in [-0.25, -0.2) is 4.39 Å². The molecule has 0 bridgehead atoms. The fourth-order valence-corrected chi connectivity index (χ4v) is 3.92. The number of benzene rings is 1. The SMILES string of the molecule is CCCCc1c(C)nc(C)c(C(=O)Nc2c(CC)cc(Br)cc2CC)c1F. The summed E-state index contributed by atoms with van der Waals surface area (Å²) < 4.78 is 16.2. The Morgan fingerprint density at radius 1 is 1.11 bits per heavy atom. The molecule has 1 N–H and O–H groups in total. The van der Waals surface area contributed by atoms with Crippen LogP contribution in [0.4, 0.5) is 10.1 Å². The van der Waals surface area contributed by atoms with Crippen LogP contribution < -0.4 is 5.32 Å². The number of pyridine rings is 1. The molecule has 2 rings (SSSR count). The maximum absolute atomic E-state index is 15.2. The Labute approximate surface area is 169 Å². The van der Waals surface area contributed by atoms with E-state index in [4.69, 9.17) is 0 Å². The third-order valence-corrected chi connectivity index (χ3v) is 5.35. The fraction of sp³-hybridized carbons (Fsp3) is 0.455. The standard InChI is InChI=1S/C22H28BrFN2O/c1-6-9-10-18-13(4)25-14(5)19(20(18)24)22(27)26-21-15(7-2)11-17(23)12-16(21)8-3/h11-12H,6-10H2,1-5H3,(H,26,27). The molecule has 0 fully saturated rings. The lowest BCUT2D eigenvalue weighted by atomic mass is 10.00. The van der Waals surface area contributed by atoms with Gasteiger partial charge in [0, 0.05) is 21.4 Å². The summed E-state index contributed by atoms with van der Waals surface area (Å²) in [5.41, 5.74) is 4.53. The van der Waals surface area contributed by atoms with E-state index in [1.54, 1.807) is 6.92 Å². The molecule has 0 aliphatic heterocycles. The molecule has 146 valence electrons. The molecule has 0 radical (unpaired) electrons. The molecular formula is C22H28BrFN2O. The van der Waals surface area contributed by atoms with Crippen LogP contribution in [-0.4, -0.2) is 10.9 Å². The minimum atomic E-state index is -0.431. The molecule has 1 heterocycles. The number of nitrogens with zero attached hydrogens (tertiary/aromatic N) is 1. The Hall–Kier alpha value is -1.75. The highest BCUT2D eigenvalue weighted by atomic mass is 79.9. The van der Waals surface area contributed by atoms with Crippen LogP contribution in [0.25, 0.3) is 0 Å². The van der Waals surface area contributed by atoms with Crippen molar-refractivity contribution in [2.75, 3.05) is 5.32 Å². The van der Waals surface area contributed by atoms with E-state index in [0.29, 0.717) is 23.4 Å². The Morgan fingerprint density at radius 2 is 1.70 bits per heavy atom. The van der Waals surface area contributed by atoms with Crippen LogP contribution in [0.3, 0.4) is 0 Å². The Balaban J connectivity index is 2.48. The smallest absolute Gasteiger partial charge is 0.260 e. The van der Waals surface area contributed by atoms with Crippen molar-refractivity contribution < 1.29 is 9.18 Å². The molecule has 0 saturated carbocycles. The number of rotatable bonds is 7. The van der Waals surface area contributed by atoms with Gasteiger partial charge in [-0.1, -0.05) is 43.1 Å². The summed E-state index contributed by atoms with van der Waals surface area (Å²) in [7, 11) is 0. The number of hydrogen-bond acceptors (Lipinski definition) is 2. The van der Waals surface area contributed by atoms with Crippen LogP contribution in [0.5, 0.6) is 0 Å². The summed E-state index contributed by atoms with van der Waals surface area (Å²) >= 11 is 3.52. The maximum Gasteiger partial charge on any atom is 0.260 e. The van der Waals surface area contributed by atoms with Crippen molar-refractivity contribution in [3.8, 4) is 0 Å². The predicted molar refractivity (Wildman–Crippen MR) is 113 cm³/mol. The highest BCUT2D eigenvalue weighted by Crippen LogP contribution is 2.29. The molecule has 27 heavy (non-hydrogen) atoms. The van der Waals surface area contributed by atoms with Gasteiger partial charge in [0.2, 0.25) is 0 Å². The van der Waals surface area contributed by atoms with Crippen molar-refractivity contribution in [3.05, 3.63) is 56.1 Å². The highest BCUT2D eigenvalue weighted by Gasteiger charge is 2.22. The molecule has 0 atom stereocenters. The maximum atomic E-state index is 15.2. The van der Waals surface area contributed by atoms with Gasteiger partial charge in [-0.3, -0.25) is 9.78 Å². The predicted octanol–water partition coefficient (Wildman–Crippen LogP) is 6.32. The number of aromatic nitrogens is 1. The monoisotopic (exact) mass is 434 g/mol. The zero-order chi connectivity index (χ0) is 20.1. The highest BCUT2D eigenvalue weighted by molar-refractivity contribution is 9.10. The van der Waals surface area contributed by atoms with Gasteiger partial charge in [0.05, 0.1) is 11.3 Å². The average Bonchev–Trinajstić information content (AvgIpc) is 2.62. The zero-order valence-electron chi connectivity index (χ0n) is 16.8. The Bertz CT molecular complexity index is 824. The summed E-state index contributed by atoms with van der Waals surface area (Å²) in [6.45, 7) is 9.64. The van der Waals surface area contributed by atoms with E-state index in [1.165, 1.54) is 0 Å². The van der Waals surface area contributed by atoms with Crippen molar-refractivity contribution in [2.24, 2.45) is 0 Å². The Morgan fingerprint density at radius 3 is 2.22 bits per heavy atom. The van der Waals surface area contributed by atoms with Gasteiger partial charge in [-0.2, -0.15) is 0 Å². The lowest BCUT2D eigenvalue weighted by Gasteiger charge is -2.18. The first-order valence-electron chi connectivity index (χ1n) is 9.62. The molecule has 0 aliphatic carbocycles. The molecule has 0 saturated heterocycles. The number of unbranched alkanes of at least 4 members (excludes halogenated alkanes) is 1. The van der Waals surface area contributed by atoms with E-state index in [1.807, 2.05) is 32.9 Å². The lowest BCUT2D eigenvalue weighted by molar-refractivity contribution is 0.102. The van der Waals surface area contributed by atoms with Crippen LogP contribution in [0.1, 0.15) is 72.0 Å². The van der Waals surface area contributed by atoms with E-state index in [9.17, 15) is 4.79 Å². The van der Waals surface area contributed by atoms with Crippen LogP contribution in [0.2, 0.25) is 0 Å². The fourth-order valence-electron chi connectivity index (χ4n) is 3.37. The second kappa shape index (κ2) is 9.45. The number of nitrogens with one attached hydrogen (secondary N) is 1. The van der Waals surface area contributed by atoms with Gasteiger partial charge in [0.25, 0.3) is 5.91 Å². The van der Waals surface area contributed by atoms with Crippen molar-refractivity contribution in [2.45, 2.75) is 66.7 Å². The second-order valence-corrected chi connectivity index (χ2v) is 7.73. The summed E-state index contributed by atoms with van der Waals surface area (Å²) in [5.74, 6) is -0.860. The first-order valence-corrected chi connectivity index (χ1v) is 10.4. The zero-order valence-corrected chi connectivity index (χ0v) is 18.4. The number of hydrogen-bond donors (Lipinski definition) is 1. The van der Waals surface area contributed by atoms with Gasteiger partial charge in [-0.15, -0.1) is 0 Å². The van der Waals surface area contributed by atoms with Crippen molar-refractivity contribution in [1.82, 2.24) is 4.98 Å². The van der Waals surface area contributed by atoms with Crippen molar-refractivity contribution in [3.63, 3.8) is 0 Å². The summed E-state index contributed by atoms with van der Waals surface area (Å²) in [5, 5.41) is 2.97. The first kappa shape index (κ1) is 21.5. The third kappa shape index (κ3) is 4.75. The van der Waals surface area contributed by atoms with Gasteiger partial charge in [-0.05, 0) is 62.8 Å². The van der Waals surface area contributed by atoms with Crippen LogP contribution in [0.15, 0.2) is 16.6 Å². The molecule has 5 heteroatoms. The molecule has 0 unspecified atom stereocenters. The van der Waals surface area contributed by atoms with E-state index in [0.717, 1.165) is 47.0 Å². The number of carbonyl (C=O) groups excluding carboxylic acids is 1. The summed E-state index contributed by atoms with van der Waals surface area (Å²) in [4.78, 5) is 17.5. The molecule has 1 amide bonds. The Kier molecular flexibility index (Phi) is 7.54. The van der Waals surface area contributed by atoms with E-state index >= 15 is 4.39 Å². The number of carbonyl (C=O) groups is 1. The van der Waals surface area contributed by atoms with Crippen LogP contribution in [-0.2, 0) is 19.3 Å². The first-order chi connectivity index (χ1) is 12.8. The molecule has 1 aromatic carbocycles. The molecule has 0 spiro atoms. The largest absolute Gasteiger partial charge is 0.321 e. The van der Waals surface area contributed by atoms with Gasteiger partial charge in [0.15, 0.2) is 0 Å². The van der Waals surface area contributed by atoms with E-state index in [-0.39, 0.29) is 5.56 Å². The normalized spacial score (nSPS) is 10.9. The molecule has 1 aromatic heterocycles. The number of halogens is 2. The second-order valence-electron chi connectivity index (χ2n) is 6.81. The summed E-state index contributed by atoms with van der Waals surface area (Å²) in [6.07, 6.45) is 3.98. The average molecular weight is 435 g/mol. The molecule has 3 nitrogen and oxygen atoms in total. The third-order valence-electron chi connectivity index (χ3n) is 4.89. The molecule has 2 aromatic rings. The quantitative estimate of drug-likeness (QED) is 0.553. The van der Waals surface area contributed by atoms with Crippen molar-refractivity contribution >= 4 is 27.5 Å².